The number of carbonyl (C=O) groups excluding carboxylic acids is 1. The second kappa shape index (κ2) is 9.65. The first-order valence-corrected chi connectivity index (χ1v) is 10.5. The highest BCUT2D eigenvalue weighted by molar-refractivity contribution is 5.86. The highest BCUT2D eigenvalue weighted by Gasteiger charge is 2.18. The molecule has 0 bridgehead atoms. The van der Waals surface area contributed by atoms with Crippen LogP contribution in [0.5, 0.6) is 0 Å². The molecule has 1 aliphatic heterocycles. The summed E-state index contributed by atoms with van der Waals surface area (Å²) in [4.78, 5) is 18.6. The summed E-state index contributed by atoms with van der Waals surface area (Å²) in [6.07, 6.45) is 1.12. The number of guanidine groups is 1. The normalized spacial score (nSPS) is 13.7. The van der Waals surface area contributed by atoms with Gasteiger partial charge in [-0.2, -0.15) is 0 Å². The van der Waals surface area contributed by atoms with Crippen LogP contribution in [-0.2, 0) is 24.3 Å². The number of rotatable bonds is 6. The number of anilines is 1. The van der Waals surface area contributed by atoms with Crippen molar-refractivity contribution < 1.29 is 4.79 Å². The molecule has 6 heteroatoms. The van der Waals surface area contributed by atoms with Gasteiger partial charge in [0.15, 0.2) is 5.96 Å². The number of aliphatic imine (C=N–C) groups is 1. The summed E-state index contributed by atoms with van der Waals surface area (Å²) in [5.41, 5.74) is 5.02. The van der Waals surface area contributed by atoms with Gasteiger partial charge >= 0.3 is 0 Å². The van der Waals surface area contributed by atoms with Gasteiger partial charge in [0.2, 0.25) is 5.91 Å². The summed E-state index contributed by atoms with van der Waals surface area (Å²) in [6.45, 7) is 8.73. The van der Waals surface area contributed by atoms with Gasteiger partial charge in [-0.3, -0.25) is 9.79 Å². The zero-order chi connectivity index (χ0) is 21.6. The molecule has 2 aromatic carbocycles. The molecule has 2 aromatic rings. The number of carbonyl (C=O) groups is 1. The number of nitrogens with zero attached hydrogens (tertiary/aromatic N) is 2. The van der Waals surface area contributed by atoms with Gasteiger partial charge in [-0.05, 0) is 49.9 Å². The van der Waals surface area contributed by atoms with Gasteiger partial charge in [-0.1, -0.05) is 42.5 Å². The van der Waals surface area contributed by atoms with Crippen LogP contribution in [0, 0.1) is 0 Å². The van der Waals surface area contributed by atoms with Gasteiger partial charge in [-0.25, -0.2) is 0 Å². The van der Waals surface area contributed by atoms with Crippen molar-refractivity contribution >= 4 is 17.6 Å². The molecule has 3 rings (SSSR count). The third-order valence-corrected chi connectivity index (χ3v) is 4.99. The van der Waals surface area contributed by atoms with Crippen LogP contribution in [0.25, 0.3) is 0 Å². The molecular formula is C24H33N5O. The summed E-state index contributed by atoms with van der Waals surface area (Å²) in [5, 5.41) is 9.24. The Balaban J connectivity index is 1.47. The molecular weight excluding hydrogens is 374 g/mol. The van der Waals surface area contributed by atoms with Gasteiger partial charge in [0.05, 0.1) is 6.54 Å². The van der Waals surface area contributed by atoms with Crippen LogP contribution in [-0.4, -0.2) is 37.5 Å². The standard InChI is InChI=1S/C24H33N5O/c1-24(2,3)28-22(30)16-27-23(25-4)26-15-18-9-11-19(12-10-18)17-29-14-13-20-7-5-6-8-21(20)29/h5-12H,13-17H2,1-4H3,(H,28,30)(H2,25,26,27). The second-order valence-electron chi connectivity index (χ2n) is 8.69. The highest BCUT2D eigenvalue weighted by Crippen LogP contribution is 2.28. The largest absolute Gasteiger partial charge is 0.367 e. The van der Waals surface area contributed by atoms with Crippen LogP contribution in [0.2, 0.25) is 0 Å². The van der Waals surface area contributed by atoms with Crippen LogP contribution in [0.15, 0.2) is 53.5 Å². The van der Waals surface area contributed by atoms with E-state index < -0.39 is 0 Å². The monoisotopic (exact) mass is 407 g/mol. The van der Waals surface area contributed by atoms with Crippen LogP contribution in [0.3, 0.4) is 0 Å². The van der Waals surface area contributed by atoms with Crippen molar-refractivity contribution in [3.8, 4) is 0 Å². The number of hydrogen-bond donors (Lipinski definition) is 3. The van der Waals surface area contributed by atoms with E-state index >= 15 is 0 Å². The Morgan fingerprint density at radius 2 is 1.73 bits per heavy atom. The maximum atomic E-state index is 11.9. The van der Waals surface area contributed by atoms with Gasteiger partial charge in [0, 0.05) is 37.9 Å². The maximum absolute atomic E-state index is 11.9. The maximum Gasteiger partial charge on any atom is 0.239 e. The van der Waals surface area contributed by atoms with Crippen LogP contribution in [0.1, 0.15) is 37.5 Å². The van der Waals surface area contributed by atoms with Crippen molar-refractivity contribution in [2.24, 2.45) is 4.99 Å². The first-order valence-electron chi connectivity index (χ1n) is 10.5. The minimum atomic E-state index is -0.241. The fraction of sp³-hybridized carbons (Fsp3) is 0.417. The SMILES string of the molecule is CN=C(NCC(=O)NC(C)(C)C)NCc1ccc(CN2CCc3ccccc32)cc1. The number of para-hydroxylation sites is 1. The lowest BCUT2D eigenvalue weighted by molar-refractivity contribution is -0.121. The molecule has 0 radical (unpaired) electrons. The Morgan fingerprint density at radius 3 is 2.43 bits per heavy atom. The predicted octanol–water partition coefficient (Wildman–Crippen LogP) is 2.83. The summed E-state index contributed by atoms with van der Waals surface area (Å²) >= 11 is 0. The Labute approximate surface area is 179 Å². The van der Waals surface area contributed by atoms with Crippen molar-refractivity contribution in [3.63, 3.8) is 0 Å². The van der Waals surface area contributed by atoms with E-state index in [9.17, 15) is 4.79 Å². The quantitative estimate of drug-likeness (QED) is 0.509. The fourth-order valence-corrected chi connectivity index (χ4v) is 3.59. The number of nitrogens with one attached hydrogen (secondary N) is 3. The number of fused-ring (bicyclic) bond motifs is 1. The smallest absolute Gasteiger partial charge is 0.239 e. The van der Waals surface area contributed by atoms with Crippen LogP contribution < -0.4 is 20.9 Å². The van der Waals surface area contributed by atoms with E-state index in [0.29, 0.717) is 12.5 Å². The third kappa shape index (κ3) is 6.24. The fourth-order valence-electron chi connectivity index (χ4n) is 3.59. The first kappa shape index (κ1) is 21.7. The molecule has 0 aliphatic carbocycles. The number of benzene rings is 2. The predicted molar refractivity (Wildman–Crippen MR) is 124 cm³/mol. The molecule has 0 aromatic heterocycles. The summed E-state index contributed by atoms with van der Waals surface area (Å²) < 4.78 is 0. The van der Waals surface area contributed by atoms with E-state index in [1.165, 1.54) is 22.4 Å². The summed E-state index contributed by atoms with van der Waals surface area (Å²) in [7, 11) is 1.70. The molecule has 0 unspecified atom stereocenters. The minimum absolute atomic E-state index is 0.0571. The molecule has 0 fully saturated rings. The van der Waals surface area contributed by atoms with Crippen molar-refractivity contribution in [1.82, 2.24) is 16.0 Å². The Hall–Kier alpha value is -3.02. The Kier molecular flexibility index (Phi) is 6.98. The zero-order valence-corrected chi connectivity index (χ0v) is 18.5. The molecule has 1 heterocycles. The Morgan fingerprint density at radius 1 is 1.03 bits per heavy atom. The van der Waals surface area contributed by atoms with Crippen LogP contribution >= 0.6 is 0 Å². The second-order valence-corrected chi connectivity index (χ2v) is 8.69. The molecule has 3 N–H and O–H groups in total. The molecule has 1 aliphatic rings. The first-order chi connectivity index (χ1) is 14.3. The Bertz CT molecular complexity index is 883. The lowest BCUT2D eigenvalue weighted by Gasteiger charge is -2.21. The van der Waals surface area contributed by atoms with Gasteiger partial charge in [0.25, 0.3) is 0 Å². The van der Waals surface area contributed by atoms with Crippen molar-refractivity contribution in [2.45, 2.75) is 45.8 Å². The van der Waals surface area contributed by atoms with E-state index in [0.717, 1.165) is 19.5 Å². The van der Waals surface area contributed by atoms with Crippen molar-refractivity contribution in [1.29, 1.82) is 0 Å². The molecule has 0 atom stereocenters. The van der Waals surface area contributed by atoms with E-state index in [1.807, 2.05) is 20.8 Å². The molecule has 30 heavy (non-hydrogen) atoms. The van der Waals surface area contributed by atoms with E-state index in [1.54, 1.807) is 7.05 Å². The summed E-state index contributed by atoms with van der Waals surface area (Å²) in [5.74, 6) is 0.551. The summed E-state index contributed by atoms with van der Waals surface area (Å²) in [6, 6.07) is 17.3. The van der Waals surface area contributed by atoms with E-state index in [4.69, 9.17) is 0 Å². The van der Waals surface area contributed by atoms with Crippen LogP contribution in [0.4, 0.5) is 5.69 Å². The van der Waals surface area contributed by atoms with Gasteiger partial charge in [-0.15, -0.1) is 0 Å². The van der Waals surface area contributed by atoms with E-state index in [2.05, 4.69) is 74.4 Å². The van der Waals surface area contributed by atoms with Crippen molar-refractivity contribution in [2.75, 3.05) is 25.0 Å². The average molecular weight is 408 g/mol. The lowest BCUT2D eigenvalue weighted by atomic mass is 10.1. The third-order valence-electron chi connectivity index (χ3n) is 4.99. The minimum Gasteiger partial charge on any atom is -0.367 e. The number of amides is 1. The molecule has 0 saturated heterocycles. The molecule has 6 nitrogen and oxygen atoms in total. The average Bonchev–Trinajstić information content (AvgIpc) is 3.11. The van der Waals surface area contributed by atoms with Crippen molar-refractivity contribution in [3.05, 3.63) is 65.2 Å². The molecule has 1 amide bonds. The highest BCUT2D eigenvalue weighted by atomic mass is 16.2. The molecule has 160 valence electrons. The van der Waals surface area contributed by atoms with E-state index in [-0.39, 0.29) is 18.0 Å². The molecule has 0 saturated carbocycles. The lowest BCUT2D eigenvalue weighted by Crippen LogP contribution is -2.48. The molecule has 0 spiro atoms. The van der Waals surface area contributed by atoms with Gasteiger partial charge < -0.3 is 20.9 Å². The van der Waals surface area contributed by atoms with Gasteiger partial charge in [0.1, 0.15) is 0 Å². The topological polar surface area (TPSA) is 68.8 Å². The number of hydrogen-bond acceptors (Lipinski definition) is 3. The zero-order valence-electron chi connectivity index (χ0n) is 18.5.